The van der Waals surface area contributed by atoms with Crippen molar-refractivity contribution in [1.82, 2.24) is 9.97 Å². The zero-order valence-electron chi connectivity index (χ0n) is 15.7. The first kappa shape index (κ1) is 18.7. The summed E-state index contributed by atoms with van der Waals surface area (Å²) >= 11 is 0. The number of hydrogen-bond acceptors (Lipinski definition) is 4. The van der Waals surface area contributed by atoms with Crippen molar-refractivity contribution in [1.29, 1.82) is 5.41 Å². The molecule has 0 saturated heterocycles. The molecule has 5 N–H and O–H groups in total. The second-order valence-corrected chi connectivity index (χ2v) is 7.16. The second-order valence-electron chi connectivity index (χ2n) is 7.16. The molecular weight excluding hydrogens is 369 g/mol. The largest absolute Gasteiger partial charge is 0.578 e. The van der Waals surface area contributed by atoms with Gasteiger partial charge in [0.1, 0.15) is 11.7 Å². The maximum Gasteiger partial charge on any atom is 0.366 e. The number of rotatable bonds is 4. The molecule has 0 spiro atoms. The number of nitrogens with zero attached hydrogens (tertiary/aromatic N) is 3. The number of nitrogens with two attached hydrogens (primary N) is 1. The highest BCUT2D eigenvalue weighted by Crippen LogP contribution is 2.45. The zero-order chi connectivity index (χ0) is 20.4. The summed E-state index contributed by atoms with van der Waals surface area (Å²) in [5, 5.41) is 16.8. The smallest absolute Gasteiger partial charge is 0.366 e. The van der Waals surface area contributed by atoms with E-state index in [-0.39, 0.29) is 23.5 Å². The average Bonchev–Trinajstić information content (AvgIpc) is 2.69. The summed E-state index contributed by atoms with van der Waals surface area (Å²) < 4.78 is 13.1. The van der Waals surface area contributed by atoms with Crippen LogP contribution in [0.5, 0.6) is 0 Å². The monoisotopic (exact) mass is 390 g/mol. The van der Waals surface area contributed by atoms with Crippen LogP contribution in [0.25, 0.3) is 11.1 Å². The first-order valence-corrected chi connectivity index (χ1v) is 9.32. The van der Waals surface area contributed by atoms with Gasteiger partial charge < -0.3 is 10.8 Å². The molecule has 0 aliphatic heterocycles. The van der Waals surface area contributed by atoms with Crippen molar-refractivity contribution in [3.8, 4) is 11.1 Å². The van der Waals surface area contributed by atoms with Crippen molar-refractivity contribution in [2.45, 2.75) is 24.7 Å². The van der Waals surface area contributed by atoms with Crippen LogP contribution in [0, 0.1) is 11.2 Å². The molecule has 2 aromatic carbocycles. The Bertz CT molecular complexity index is 1060. The van der Waals surface area contributed by atoms with Crippen molar-refractivity contribution in [3.05, 3.63) is 77.9 Å². The average molecular weight is 390 g/mol. The normalized spacial score (nSPS) is 15.6. The molecule has 1 aliphatic rings. The van der Waals surface area contributed by atoms with Crippen LogP contribution < -0.4 is 5.73 Å². The van der Waals surface area contributed by atoms with Gasteiger partial charge in [0.05, 0.1) is 11.0 Å². The molecule has 6 nitrogen and oxygen atoms in total. The topological polar surface area (TPSA) is 111 Å². The lowest BCUT2D eigenvalue weighted by Gasteiger charge is -2.41. The van der Waals surface area contributed by atoms with Gasteiger partial charge in [-0.2, -0.15) is 0 Å². The number of aromatic nitrogens is 2. The fourth-order valence-electron chi connectivity index (χ4n) is 3.55. The Morgan fingerprint density at radius 3 is 2.17 bits per heavy atom. The molecule has 7 heteroatoms. The number of halogens is 1. The molecule has 3 aromatic rings. The third kappa shape index (κ3) is 3.59. The van der Waals surface area contributed by atoms with Crippen molar-refractivity contribution in [3.63, 3.8) is 0 Å². The number of amidine groups is 1. The van der Waals surface area contributed by atoms with E-state index in [1.807, 2.05) is 24.3 Å². The molecule has 1 aliphatic carbocycles. The predicted octanol–water partition coefficient (Wildman–Crippen LogP) is 3.44. The summed E-state index contributed by atoms with van der Waals surface area (Å²) in [5.41, 5.74) is 8.38. The zero-order valence-corrected chi connectivity index (χ0v) is 15.7. The highest BCUT2D eigenvalue weighted by Gasteiger charge is 2.43. The van der Waals surface area contributed by atoms with Gasteiger partial charge in [-0.3, -0.25) is 5.41 Å². The number of anilines is 1. The quantitative estimate of drug-likeness (QED) is 0.404. The SMILES string of the molecule is N=C(N=C([OH2+])c1ccc(F)cc1)C1(c2ccc(-c3cnc(N)nc3)cc2)CCC1. The number of aliphatic imine (C=N–C) groups is 1. The van der Waals surface area contributed by atoms with E-state index in [0.29, 0.717) is 5.56 Å². The molecule has 146 valence electrons. The van der Waals surface area contributed by atoms with E-state index in [9.17, 15) is 4.39 Å². The van der Waals surface area contributed by atoms with Crippen molar-refractivity contribution >= 4 is 17.7 Å². The predicted molar refractivity (Wildman–Crippen MR) is 112 cm³/mol. The Kier molecular flexibility index (Phi) is 4.80. The van der Waals surface area contributed by atoms with E-state index in [1.165, 1.54) is 24.3 Å². The van der Waals surface area contributed by atoms with E-state index < -0.39 is 5.41 Å². The number of benzene rings is 2. The molecule has 0 atom stereocenters. The first-order chi connectivity index (χ1) is 14.0. The summed E-state index contributed by atoms with van der Waals surface area (Å²) in [6.07, 6.45) is 6.00. The fraction of sp³-hybridized carbons (Fsp3) is 0.182. The van der Waals surface area contributed by atoms with Crippen LogP contribution in [0.2, 0.25) is 0 Å². The maximum absolute atomic E-state index is 13.1. The minimum absolute atomic E-state index is 0.0306. The van der Waals surface area contributed by atoms with Crippen molar-refractivity contribution < 1.29 is 9.50 Å². The van der Waals surface area contributed by atoms with Crippen LogP contribution in [-0.2, 0) is 5.41 Å². The van der Waals surface area contributed by atoms with Gasteiger partial charge in [0.25, 0.3) is 0 Å². The van der Waals surface area contributed by atoms with Gasteiger partial charge in [0.2, 0.25) is 5.95 Å². The summed E-state index contributed by atoms with van der Waals surface area (Å²) in [4.78, 5) is 12.3. The summed E-state index contributed by atoms with van der Waals surface area (Å²) in [6.45, 7) is 0. The van der Waals surface area contributed by atoms with Crippen LogP contribution in [0.1, 0.15) is 30.4 Å². The maximum atomic E-state index is 13.1. The van der Waals surface area contributed by atoms with Gasteiger partial charge in [-0.15, -0.1) is 4.99 Å². The standard InChI is InChI=1S/C22H20FN5O/c23-18-8-4-15(5-9-18)19(29)28-20(24)22(10-1-11-22)17-6-2-14(3-7-17)16-12-26-21(25)27-13-16/h2-9,12-13H,1,10-11H2,(H2,24,28,29)(H2,25,26,27)/p+1. The van der Waals surface area contributed by atoms with Gasteiger partial charge in [-0.25, -0.2) is 14.4 Å². The lowest BCUT2D eigenvalue weighted by Crippen LogP contribution is -2.41. The Hall–Kier alpha value is -3.61. The molecule has 0 bridgehead atoms. The van der Waals surface area contributed by atoms with Crippen LogP contribution in [0.4, 0.5) is 10.3 Å². The Morgan fingerprint density at radius 2 is 1.62 bits per heavy atom. The van der Waals surface area contributed by atoms with Gasteiger partial charge in [0.15, 0.2) is 0 Å². The molecule has 1 heterocycles. The Balaban J connectivity index is 1.60. The minimum Gasteiger partial charge on any atom is -0.578 e. The van der Waals surface area contributed by atoms with Gasteiger partial charge in [0, 0.05) is 18.0 Å². The molecule has 4 rings (SSSR count). The van der Waals surface area contributed by atoms with E-state index in [4.69, 9.17) is 16.2 Å². The van der Waals surface area contributed by atoms with Gasteiger partial charge >= 0.3 is 5.90 Å². The highest BCUT2D eigenvalue weighted by atomic mass is 19.1. The molecule has 29 heavy (non-hydrogen) atoms. The summed E-state index contributed by atoms with van der Waals surface area (Å²) in [6, 6.07) is 13.5. The summed E-state index contributed by atoms with van der Waals surface area (Å²) in [5.74, 6) is 0.00898. The molecule has 0 unspecified atom stereocenters. The Morgan fingerprint density at radius 1 is 1.00 bits per heavy atom. The van der Waals surface area contributed by atoms with E-state index >= 15 is 0 Å². The molecule has 1 aromatic heterocycles. The lowest BCUT2D eigenvalue weighted by molar-refractivity contribution is 0.336. The molecule has 0 radical (unpaired) electrons. The van der Waals surface area contributed by atoms with Crippen LogP contribution >= 0.6 is 0 Å². The second kappa shape index (κ2) is 7.43. The number of nitrogens with one attached hydrogen (secondary N) is 1. The van der Waals surface area contributed by atoms with Crippen LogP contribution in [0.3, 0.4) is 0 Å². The van der Waals surface area contributed by atoms with E-state index in [2.05, 4.69) is 15.0 Å². The van der Waals surface area contributed by atoms with Crippen molar-refractivity contribution in [2.75, 3.05) is 5.73 Å². The molecular formula is C22H21FN5O+. The van der Waals surface area contributed by atoms with Crippen molar-refractivity contribution in [2.24, 2.45) is 4.99 Å². The molecule has 1 saturated carbocycles. The van der Waals surface area contributed by atoms with Gasteiger partial charge in [-0.1, -0.05) is 30.7 Å². The third-order valence-electron chi connectivity index (χ3n) is 5.44. The minimum atomic E-state index is -0.484. The molecule has 0 amide bonds. The Labute approximate surface area is 167 Å². The van der Waals surface area contributed by atoms with E-state index in [0.717, 1.165) is 36.0 Å². The summed E-state index contributed by atoms with van der Waals surface area (Å²) in [7, 11) is 0. The number of nitrogen functional groups attached to an aromatic ring is 1. The highest BCUT2D eigenvalue weighted by molar-refractivity contribution is 6.05. The number of hydrogen-bond donors (Lipinski definition) is 2. The molecule has 1 fully saturated rings. The third-order valence-corrected chi connectivity index (χ3v) is 5.44. The first-order valence-electron chi connectivity index (χ1n) is 9.32. The van der Waals surface area contributed by atoms with Gasteiger partial charge in [-0.05, 0) is 48.2 Å². The van der Waals surface area contributed by atoms with Crippen LogP contribution in [-0.4, -0.2) is 26.8 Å². The lowest BCUT2D eigenvalue weighted by atomic mass is 9.63. The fourth-order valence-corrected chi connectivity index (χ4v) is 3.55. The van der Waals surface area contributed by atoms with Crippen LogP contribution in [0.15, 0.2) is 65.9 Å². The van der Waals surface area contributed by atoms with E-state index in [1.54, 1.807) is 12.4 Å².